The number of Topliss-reactive ketones (excluding diaryl/α,β-unsaturated/α-hetero) is 1. The fraction of sp³-hybridized carbons (Fsp3) is 0.176. The molecule has 0 saturated carbocycles. The average Bonchev–Trinajstić information content (AvgIpc) is 2.48. The van der Waals surface area contributed by atoms with Crippen LogP contribution in [0, 0.1) is 13.8 Å². The highest BCUT2D eigenvalue weighted by atomic mass is 79.9. The van der Waals surface area contributed by atoms with Crippen LogP contribution in [0.25, 0.3) is 0 Å². The number of aromatic hydroxyl groups is 1. The molecular formula is C17H16BrNO2. The lowest BCUT2D eigenvalue weighted by Crippen LogP contribution is -1.91. The molecule has 0 bridgehead atoms. The van der Waals surface area contributed by atoms with Crippen LogP contribution in [0.2, 0.25) is 0 Å². The van der Waals surface area contributed by atoms with Gasteiger partial charge in [0.15, 0.2) is 5.78 Å². The summed E-state index contributed by atoms with van der Waals surface area (Å²) in [5.74, 6) is 0.212. The maximum absolute atomic E-state index is 11.2. The van der Waals surface area contributed by atoms with E-state index in [0.717, 1.165) is 16.8 Å². The summed E-state index contributed by atoms with van der Waals surface area (Å²) in [7, 11) is 0. The van der Waals surface area contributed by atoms with E-state index >= 15 is 0 Å². The molecule has 2 rings (SSSR count). The van der Waals surface area contributed by atoms with Gasteiger partial charge in [0.25, 0.3) is 0 Å². The Balaban J connectivity index is 2.31. The summed E-state index contributed by atoms with van der Waals surface area (Å²) in [6, 6.07) is 8.93. The molecule has 0 fully saturated rings. The van der Waals surface area contributed by atoms with Gasteiger partial charge in [-0.15, -0.1) is 0 Å². The second kappa shape index (κ2) is 6.22. The fourth-order valence-corrected chi connectivity index (χ4v) is 2.45. The van der Waals surface area contributed by atoms with E-state index in [2.05, 4.69) is 20.9 Å². The first-order valence-corrected chi connectivity index (χ1v) is 7.33. The standard InChI is InChI=1S/C17H16BrNO2/c1-10-8-14(17(21)16(18)11(10)2)9-19-15-6-4-13(5-7-15)12(3)20/h4-9,21H,1-3H3. The Morgan fingerprint density at radius 3 is 2.43 bits per heavy atom. The number of phenolic OH excluding ortho intramolecular Hbond substituents is 1. The zero-order valence-corrected chi connectivity index (χ0v) is 13.7. The van der Waals surface area contributed by atoms with E-state index in [9.17, 15) is 9.90 Å². The molecule has 0 aromatic heterocycles. The second-order valence-corrected chi connectivity index (χ2v) is 5.72. The van der Waals surface area contributed by atoms with Crippen LogP contribution < -0.4 is 0 Å². The van der Waals surface area contributed by atoms with E-state index in [1.165, 1.54) is 6.92 Å². The summed E-state index contributed by atoms with van der Waals surface area (Å²) < 4.78 is 0.691. The van der Waals surface area contributed by atoms with E-state index in [4.69, 9.17) is 0 Å². The van der Waals surface area contributed by atoms with Crippen LogP contribution >= 0.6 is 15.9 Å². The Hall–Kier alpha value is -1.94. The van der Waals surface area contributed by atoms with Crippen LogP contribution in [0.5, 0.6) is 5.75 Å². The number of rotatable bonds is 3. The van der Waals surface area contributed by atoms with Crippen molar-refractivity contribution in [3.05, 3.63) is 57.1 Å². The molecule has 0 aliphatic rings. The second-order valence-electron chi connectivity index (χ2n) is 4.93. The molecule has 0 aliphatic carbocycles. The summed E-state index contributed by atoms with van der Waals surface area (Å²) >= 11 is 3.38. The van der Waals surface area contributed by atoms with Crippen LogP contribution in [-0.4, -0.2) is 17.1 Å². The van der Waals surface area contributed by atoms with Crippen molar-refractivity contribution in [3.8, 4) is 5.75 Å². The van der Waals surface area contributed by atoms with E-state index in [1.54, 1.807) is 30.5 Å². The van der Waals surface area contributed by atoms with Crippen molar-refractivity contribution in [2.75, 3.05) is 0 Å². The number of halogens is 1. The highest BCUT2D eigenvalue weighted by Gasteiger charge is 2.09. The number of aryl methyl sites for hydroxylation is 1. The Morgan fingerprint density at radius 2 is 1.86 bits per heavy atom. The molecule has 0 aliphatic heterocycles. The van der Waals surface area contributed by atoms with Crippen LogP contribution in [0.4, 0.5) is 5.69 Å². The molecule has 1 N–H and O–H groups in total. The topological polar surface area (TPSA) is 49.7 Å². The number of ketones is 1. The van der Waals surface area contributed by atoms with Gasteiger partial charge in [-0.3, -0.25) is 9.79 Å². The van der Waals surface area contributed by atoms with Crippen molar-refractivity contribution < 1.29 is 9.90 Å². The zero-order chi connectivity index (χ0) is 15.6. The zero-order valence-electron chi connectivity index (χ0n) is 12.1. The predicted octanol–water partition coefficient (Wildman–Crippen LogP) is 4.72. The first-order valence-electron chi connectivity index (χ1n) is 6.54. The average molecular weight is 346 g/mol. The lowest BCUT2D eigenvalue weighted by Gasteiger charge is -2.08. The first kappa shape index (κ1) is 15.4. The molecule has 0 amide bonds. The third kappa shape index (κ3) is 3.39. The van der Waals surface area contributed by atoms with E-state index < -0.39 is 0 Å². The monoisotopic (exact) mass is 345 g/mol. The predicted molar refractivity (Wildman–Crippen MR) is 89.0 cm³/mol. The minimum Gasteiger partial charge on any atom is -0.506 e. The molecule has 2 aromatic rings. The van der Waals surface area contributed by atoms with Gasteiger partial charge >= 0.3 is 0 Å². The molecule has 108 valence electrons. The Bertz CT molecular complexity index is 719. The number of carbonyl (C=O) groups is 1. The van der Waals surface area contributed by atoms with Crippen molar-refractivity contribution in [2.24, 2.45) is 4.99 Å². The Labute approximate surface area is 132 Å². The molecule has 0 spiro atoms. The summed E-state index contributed by atoms with van der Waals surface area (Å²) in [4.78, 5) is 15.5. The highest BCUT2D eigenvalue weighted by Crippen LogP contribution is 2.32. The molecule has 2 aromatic carbocycles. The van der Waals surface area contributed by atoms with E-state index in [1.807, 2.05) is 19.9 Å². The Kier molecular flexibility index (Phi) is 4.58. The normalized spacial score (nSPS) is 11.0. The molecule has 0 saturated heterocycles. The third-order valence-corrected chi connectivity index (χ3v) is 4.37. The van der Waals surface area contributed by atoms with Crippen molar-refractivity contribution in [2.45, 2.75) is 20.8 Å². The lowest BCUT2D eigenvalue weighted by atomic mass is 10.1. The molecule has 0 radical (unpaired) electrons. The van der Waals surface area contributed by atoms with Crippen LogP contribution in [0.1, 0.15) is 34.0 Å². The van der Waals surface area contributed by atoms with Crippen LogP contribution in [0.3, 0.4) is 0 Å². The number of hydrogen-bond acceptors (Lipinski definition) is 3. The highest BCUT2D eigenvalue weighted by molar-refractivity contribution is 9.10. The molecule has 4 heteroatoms. The molecule has 21 heavy (non-hydrogen) atoms. The summed E-state index contributed by atoms with van der Waals surface area (Å²) in [6.45, 7) is 5.46. The van der Waals surface area contributed by atoms with Crippen molar-refractivity contribution in [1.29, 1.82) is 0 Å². The lowest BCUT2D eigenvalue weighted by molar-refractivity contribution is 0.101. The number of nitrogens with zero attached hydrogens (tertiary/aromatic N) is 1. The Morgan fingerprint density at radius 1 is 1.24 bits per heavy atom. The van der Waals surface area contributed by atoms with Crippen LogP contribution in [0.15, 0.2) is 39.8 Å². The van der Waals surface area contributed by atoms with Gasteiger partial charge in [-0.25, -0.2) is 0 Å². The van der Waals surface area contributed by atoms with Gasteiger partial charge in [-0.05, 0) is 78.2 Å². The van der Waals surface area contributed by atoms with Gasteiger partial charge in [0.2, 0.25) is 0 Å². The molecule has 3 nitrogen and oxygen atoms in total. The van der Waals surface area contributed by atoms with Crippen molar-refractivity contribution in [3.63, 3.8) is 0 Å². The summed E-state index contributed by atoms with van der Waals surface area (Å²) in [5, 5.41) is 10.1. The molecule has 0 atom stereocenters. The molecule has 0 unspecified atom stereocenters. The van der Waals surface area contributed by atoms with Crippen molar-refractivity contribution >= 4 is 33.6 Å². The van der Waals surface area contributed by atoms with Gasteiger partial charge in [0, 0.05) is 17.3 Å². The van der Waals surface area contributed by atoms with Crippen molar-refractivity contribution in [1.82, 2.24) is 0 Å². The maximum atomic E-state index is 11.2. The number of carbonyl (C=O) groups excluding carboxylic acids is 1. The molecular weight excluding hydrogens is 330 g/mol. The van der Waals surface area contributed by atoms with Gasteiger partial charge in [0.1, 0.15) is 5.75 Å². The SMILES string of the molecule is CC(=O)c1ccc(N=Cc2cc(C)c(C)c(Br)c2O)cc1. The van der Waals surface area contributed by atoms with E-state index in [-0.39, 0.29) is 11.5 Å². The third-order valence-electron chi connectivity index (χ3n) is 3.40. The summed E-state index contributed by atoms with van der Waals surface area (Å²) in [6.07, 6.45) is 1.62. The maximum Gasteiger partial charge on any atom is 0.159 e. The number of phenols is 1. The van der Waals surface area contributed by atoms with E-state index in [0.29, 0.717) is 15.6 Å². The fourth-order valence-electron chi connectivity index (χ4n) is 1.91. The number of hydrogen-bond donors (Lipinski definition) is 1. The minimum atomic E-state index is 0.0289. The number of aliphatic imine (C=N–C) groups is 1. The van der Waals surface area contributed by atoms with Gasteiger partial charge < -0.3 is 5.11 Å². The molecule has 0 heterocycles. The van der Waals surface area contributed by atoms with Gasteiger partial charge in [-0.2, -0.15) is 0 Å². The number of benzene rings is 2. The smallest absolute Gasteiger partial charge is 0.159 e. The van der Waals surface area contributed by atoms with Gasteiger partial charge in [0.05, 0.1) is 10.2 Å². The largest absolute Gasteiger partial charge is 0.506 e. The minimum absolute atomic E-state index is 0.0289. The van der Waals surface area contributed by atoms with Crippen LogP contribution in [-0.2, 0) is 0 Å². The van der Waals surface area contributed by atoms with Gasteiger partial charge in [-0.1, -0.05) is 0 Å². The quantitative estimate of drug-likeness (QED) is 0.645. The summed E-state index contributed by atoms with van der Waals surface area (Å²) in [5.41, 5.74) is 4.13. The first-order chi connectivity index (χ1) is 9.90.